The highest BCUT2D eigenvalue weighted by atomic mass is 16.4. The molecule has 0 saturated heterocycles. The number of aliphatic hydroxyl groups is 2. The number of fused-ring (bicyclic) bond motifs is 5. The molecule has 0 aromatic carbocycles. The number of rotatable bonds is 4. The van der Waals surface area contributed by atoms with E-state index in [4.69, 9.17) is 5.11 Å². The predicted octanol–water partition coefficient (Wildman–Crippen LogP) is 3.66. The zero-order valence-corrected chi connectivity index (χ0v) is 18.1. The number of ketones is 1. The lowest BCUT2D eigenvalue weighted by Crippen LogP contribution is -2.61. The molecule has 0 aliphatic heterocycles. The van der Waals surface area contributed by atoms with E-state index in [1.807, 2.05) is 0 Å². The molecule has 3 N–H and O–H groups in total. The third kappa shape index (κ3) is 3.18. The van der Waals surface area contributed by atoms with E-state index in [1.54, 1.807) is 0 Å². The molecule has 0 amide bonds. The zero-order chi connectivity index (χ0) is 21.1. The van der Waals surface area contributed by atoms with Crippen LogP contribution in [0.3, 0.4) is 0 Å². The van der Waals surface area contributed by atoms with Gasteiger partial charge in [-0.25, -0.2) is 0 Å². The molecule has 0 aromatic rings. The fourth-order valence-corrected chi connectivity index (χ4v) is 8.41. The van der Waals surface area contributed by atoms with Crippen molar-refractivity contribution >= 4 is 11.8 Å². The molecule has 0 aromatic heterocycles. The average molecular weight is 407 g/mol. The van der Waals surface area contributed by atoms with Gasteiger partial charge in [0.15, 0.2) is 0 Å². The first-order valence-corrected chi connectivity index (χ1v) is 11.7. The second-order valence-electron chi connectivity index (χ2n) is 11.2. The molecule has 29 heavy (non-hydrogen) atoms. The zero-order valence-electron chi connectivity index (χ0n) is 18.1. The van der Waals surface area contributed by atoms with E-state index in [1.165, 1.54) is 0 Å². The number of Topliss-reactive ketones (excluding diaryl/α,β-unsaturated/α-hetero) is 1. The molecule has 4 unspecified atom stereocenters. The Morgan fingerprint density at radius 1 is 1.14 bits per heavy atom. The Bertz CT molecular complexity index is 676. The minimum Gasteiger partial charge on any atom is -0.481 e. The van der Waals surface area contributed by atoms with Crippen LogP contribution >= 0.6 is 0 Å². The fourth-order valence-electron chi connectivity index (χ4n) is 8.41. The van der Waals surface area contributed by atoms with Gasteiger partial charge < -0.3 is 15.3 Å². The summed E-state index contributed by atoms with van der Waals surface area (Å²) in [4.78, 5) is 24.7. The minimum atomic E-state index is -0.771. The summed E-state index contributed by atoms with van der Waals surface area (Å²) in [6.45, 7) is 6.54. The first-order valence-electron chi connectivity index (χ1n) is 11.7. The number of hydrogen-bond donors (Lipinski definition) is 3. The third-order valence-electron chi connectivity index (χ3n) is 10.1. The largest absolute Gasteiger partial charge is 0.481 e. The van der Waals surface area contributed by atoms with Crippen molar-refractivity contribution in [2.45, 2.75) is 90.8 Å². The SMILES string of the molecule is CC(CCC(=O)O)[C@H]1CCC2[C@H]3C(CC(=O)[C@@]21C)[C@@]1(C)CCC(O)C[C@H]1C[C@@H]3O. The van der Waals surface area contributed by atoms with Crippen LogP contribution in [0, 0.1) is 46.3 Å². The Morgan fingerprint density at radius 2 is 1.86 bits per heavy atom. The molecule has 0 spiro atoms. The number of hydrogen-bond acceptors (Lipinski definition) is 4. The van der Waals surface area contributed by atoms with Gasteiger partial charge in [0.1, 0.15) is 5.78 Å². The van der Waals surface area contributed by atoms with Gasteiger partial charge >= 0.3 is 5.97 Å². The molecule has 0 radical (unpaired) electrons. The first kappa shape index (κ1) is 21.3. The standard InChI is InChI=1S/C24H38O5/c1-13(4-7-21(28)29)16-5-6-17-22-18(12-20(27)24(16,17)3)23(2)9-8-15(25)10-14(23)11-19(22)26/h13-19,22,25-26H,4-12H2,1-3H3,(H,28,29)/t13?,14-,15?,16+,17?,18?,19-,22-,23-,24+/m0/s1. The highest BCUT2D eigenvalue weighted by Gasteiger charge is 2.65. The number of carbonyl (C=O) groups is 2. The lowest BCUT2D eigenvalue weighted by atomic mass is 9.43. The number of carboxylic acid groups (broad SMARTS) is 1. The Kier molecular flexibility index (Phi) is 5.39. The predicted molar refractivity (Wildman–Crippen MR) is 109 cm³/mol. The van der Waals surface area contributed by atoms with Crippen LogP contribution in [-0.4, -0.2) is 39.3 Å². The molecule has 0 heterocycles. The third-order valence-corrected chi connectivity index (χ3v) is 10.1. The van der Waals surface area contributed by atoms with Crippen molar-refractivity contribution in [3.63, 3.8) is 0 Å². The van der Waals surface area contributed by atoms with Crippen LogP contribution in [0.25, 0.3) is 0 Å². The van der Waals surface area contributed by atoms with Crippen molar-refractivity contribution < 1.29 is 24.9 Å². The first-order chi connectivity index (χ1) is 13.6. The summed E-state index contributed by atoms with van der Waals surface area (Å²) >= 11 is 0. The molecule has 10 atom stereocenters. The molecule has 4 saturated carbocycles. The van der Waals surface area contributed by atoms with E-state index < -0.39 is 17.5 Å². The quantitative estimate of drug-likeness (QED) is 0.662. The normalized spacial score (nSPS) is 50.4. The average Bonchev–Trinajstić information content (AvgIpc) is 3.01. The maximum atomic E-state index is 13.6. The second kappa shape index (κ2) is 7.33. The van der Waals surface area contributed by atoms with Crippen LogP contribution in [-0.2, 0) is 9.59 Å². The number of aliphatic carboxylic acids is 1. The molecule has 5 heteroatoms. The van der Waals surface area contributed by atoms with Gasteiger partial charge in [0, 0.05) is 18.3 Å². The van der Waals surface area contributed by atoms with Crippen LogP contribution in [0.5, 0.6) is 0 Å². The molecule has 4 fully saturated rings. The van der Waals surface area contributed by atoms with E-state index in [-0.39, 0.29) is 47.5 Å². The molecule has 4 rings (SSSR count). The highest BCUT2D eigenvalue weighted by Crippen LogP contribution is 2.67. The van der Waals surface area contributed by atoms with E-state index in [0.717, 1.165) is 38.5 Å². The molecule has 0 bridgehead atoms. The van der Waals surface area contributed by atoms with Gasteiger partial charge in [0.05, 0.1) is 12.2 Å². The Balaban J connectivity index is 1.62. The van der Waals surface area contributed by atoms with Gasteiger partial charge in [-0.3, -0.25) is 9.59 Å². The Labute approximate surface area is 174 Å². The van der Waals surface area contributed by atoms with Gasteiger partial charge in [-0.2, -0.15) is 0 Å². The van der Waals surface area contributed by atoms with Gasteiger partial charge in [-0.05, 0) is 85.9 Å². The second-order valence-corrected chi connectivity index (χ2v) is 11.2. The number of carbonyl (C=O) groups excluding carboxylic acids is 1. The van der Waals surface area contributed by atoms with Crippen LogP contribution in [0.15, 0.2) is 0 Å². The topological polar surface area (TPSA) is 94.8 Å². The molecule has 4 aliphatic rings. The summed E-state index contributed by atoms with van der Waals surface area (Å²) in [5.41, 5.74) is -0.398. The van der Waals surface area contributed by atoms with Crippen molar-refractivity contribution in [1.82, 2.24) is 0 Å². The summed E-state index contributed by atoms with van der Waals surface area (Å²) in [5.74, 6) is 0.855. The van der Waals surface area contributed by atoms with Crippen molar-refractivity contribution in [2.75, 3.05) is 0 Å². The van der Waals surface area contributed by atoms with Gasteiger partial charge in [-0.15, -0.1) is 0 Å². The number of carboxylic acids is 1. The summed E-state index contributed by atoms with van der Waals surface area (Å²) < 4.78 is 0. The van der Waals surface area contributed by atoms with Crippen molar-refractivity contribution in [1.29, 1.82) is 0 Å². The van der Waals surface area contributed by atoms with E-state index in [2.05, 4.69) is 20.8 Å². The molecule has 164 valence electrons. The van der Waals surface area contributed by atoms with E-state index in [9.17, 15) is 19.8 Å². The number of aliphatic hydroxyl groups excluding tert-OH is 2. The van der Waals surface area contributed by atoms with Crippen LogP contribution in [0.4, 0.5) is 0 Å². The van der Waals surface area contributed by atoms with Gasteiger partial charge in [0.25, 0.3) is 0 Å². The Morgan fingerprint density at radius 3 is 2.55 bits per heavy atom. The van der Waals surface area contributed by atoms with E-state index >= 15 is 0 Å². The Hall–Kier alpha value is -0.940. The van der Waals surface area contributed by atoms with Crippen molar-refractivity contribution in [3.8, 4) is 0 Å². The molecular weight excluding hydrogens is 368 g/mol. The van der Waals surface area contributed by atoms with Crippen LogP contribution in [0.1, 0.15) is 78.6 Å². The van der Waals surface area contributed by atoms with Gasteiger partial charge in [0.2, 0.25) is 0 Å². The fraction of sp³-hybridized carbons (Fsp3) is 0.917. The molecular formula is C24H38O5. The monoisotopic (exact) mass is 406 g/mol. The maximum Gasteiger partial charge on any atom is 0.303 e. The summed E-state index contributed by atoms with van der Waals surface area (Å²) in [6, 6.07) is 0. The smallest absolute Gasteiger partial charge is 0.303 e. The van der Waals surface area contributed by atoms with Crippen molar-refractivity contribution in [2.24, 2.45) is 46.3 Å². The van der Waals surface area contributed by atoms with Gasteiger partial charge in [-0.1, -0.05) is 20.8 Å². The highest BCUT2D eigenvalue weighted by molar-refractivity contribution is 5.87. The van der Waals surface area contributed by atoms with E-state index in [0.29, 0.717) is 24.5 Å². The maximum absolute atomic E-state index is 13.6. The summed E-state index contributed by atoms with van der Waals surface area (Å²) in [7, 11) is 0. The van der Waals surface area contributed by atoms with Crippen LogP contribution in [0.2, 0.25) is 0 Å². The summed E-state index contributed by atoms with van der Waals surface area (Å²) in [6.07, 6.45) is 5.82. The molecule has 4 aliphatic carbocycles. The molecule has 5 nitrogen and oxygen atoms in total. The van der Waals surface area contributed by atoms with Crippen molar-refractivity contribution in [3.05, 3.63) is 0 Å². The lowest BCUT2D eigenvalue weighted by Gasteiger charge is -2.61. The summed E-state index contributed by atoms with van der Waals surface area (Å²) in [5, 5.41) is 30.5. The minimum absolute atomic E-state index is 0.0348. The lowest BCUT2D eigenvalue weighted by molar-refractivity contribution is -0.181. The van der Waals surface area contributed by atoms with Crippen LogP contribution < -0.4 is 0 Å².